The van der Waals surface area contributed by atoms with E-state index in [1.54, 1.807) is 6.07 Å². The number of para-hydroxylation sites is 3. The third-order valence-electron chi connectivity index (χ3n) is 5.13. The quantitative estimate of drug-likeness (QED) is 0.538. The molecule has 0 bridgehead atoms. The van der Waals surface area contributed by atoms with Gasteiger partial charge in [0.2, 0.25) is 5.56 Å². The number of nitrogens with one attached hydrogen (secondary N) is 1. The zero-order valence-corrected chi connectivity index (χ0v) is 15.7. The number of pyridine rings is 1. The Morgan fingerprint density at radius 3 is 2.10 bits per heavy atom. The zero-order chi connectivity index (χ0) is 21.4. The third-order valence-corrected chi connectivity index (χ3v) is 5.13. The van der Waals surface area contributed by atoms with Crippen molar-refractivity contribution in [3.8, 4) is 0 Å². The molecule has 0 saturated carbocycles. The van der Waals surface area contributed by atoms with Crippen molar-refractivity contribution in [2.24, 2.45) is 0 Å². The van der Waals surface area contributed by atoms with Crippen LogP contribution in [-0.4, -0.2) is 12.0 Å². The molecule has 5 heteroatoms. The molecule has 0 spiro atoms. The summed E-state index contributed by atoms with van der Waals surface area (Å²) >= 11 is 0. The maximum Gasteiger partial charge on any atom is 0.421 e. The van der Waals surface area contributed by atoms with Crippen LogP contribution in [0.2, 0.25) is 0 Å². The molecule has 1 N–H and O–H groups in total. The zero-order valence-electron chi connectivity index (χ0n) is 17.7. The molecule has 140 valence electrons. The van der Waals surface area contributed by atoms with Crippen molar-refractivity contribution in [2.75, 3.05) is 9.62 Å². The molecule has 3 aromatic carbocycles. The minimum absolute atomic E-state index is 0.248. The molecular weight excluding hydrogens is 357 g/mol. The van der Waals surface area contributed by atoms with Crippen LogP contribution >= 0.6 is 0 Å². The Bertz CT molecular complexity index is 1260. The molecule has 1 aliphatic rings. The largest absolute Gasteiger partial charge is 0.421 e. The summed E-state index contributed by atoms with van der Waals surface area (Å²) in [5, 5.41) is 0. The van der Waals surface area contributed by atoms with E-state index in [9.17, 15) is 4.79 Å². The van der Waals surface area contributed by atoms with Gasteiger partial charge in [0.25, 0.3) is 0 Å². The van der Waals surface area contributed by atoms with E-state index in [2.05, 4.69) is 44.9 Å². The van der Waals surface area contributed by atoms with Crippen molar-refractivity contribution < 1.29 is 2.74 Å². The molecule has 0 aliphatic carbocycles. The second-order valence-electron chi connectivity index (χ2n) is 7.01. The number of hydrogen-bond donors (Lipinski definition) is 1. The average Bonchev–Trinajstić information content (AvgIpc) is 3.15. The molecule has 1 aromatic heterocycles. The highest BCUT2D eigenvalue weighted by Crippen LogP contribution is 2.45. The van der Waals surface area contributed by atoms with Gasteiger partial charge in [-0.3, -0.25) is 4.79 Å². The van der Waals surface area contributed by atoms with Crippen molar-refractivity contribution in [3.63, 3.8) is 0 Å². The Morgan fingerprint density at radius 2 is 1.41 bits per heavy atom. The number of aromatic amines is 1. The van der Waals surface area contributed by atoms with Crippen LogP contribution in [0.25, 0.3) is 0 Å². The number of hydrogen-bond acceptors (Lipinski definition) is 3. The molecule has 0 saturated heterocycles. The first-order chi connectivity index (χ1) is 15.1. The standard InChI is InChI=1S/C24H20BN3O/c1-18-16-23(26-24(29)17-18)28-22-15-9-8-14-21(22)27(20-12-6-3-7-13-20)25(28)19-10-4-2-5-11-19/h2-17H,1H3,(H,26,29)/i1D2. The van der Waals surface area contributed by atoms with Gasteiger partial charge in [-0.25, -0.2) is 0 Å². The van der Waals surface area contributed by atoms with Crippen LogP contribution < -0.4 is 20.6 Å². The molecule has 4 nitrogen and oxygen atoms in total. The van der Waals surface area contributed by atoms with Crippen molar-refractivity contribution in [1.29, 1.82) is 0 Å². The number of H-pyrrole nitrogens is 1. The Labute approximate surface area is 173 Å². The summed E-state index contributed by atoms with van der Waals surface area (Å²) in [5.41, 5.74) is 4.09. The van der Waals surface area contributed by atoms with E-state index in [1.165, 1.54) is 6.07 Å². The second-order valence-corrected chi connectivity index (χ2v) is 7.01. The number of rotatable bonds is 3. The Kier molecular flexibility index (Phi) is 3.69. The summed E-state index contributed by atoms with van der Waals surface area (Å²) in [5.74, 6) is 0.562. The van der Waals surface area contributed by atoms with Gasteiger partial charge in [-0.15, -0.1) is 0 Å². The van der Waals surface area contributed by atoms with Crippen molar-refractivity contribution in [1.82, 2.24) is 4.98 Å². The fourth-order valence-electron chi connectivity index (χ4n) is 3.98. The van der Waals surface area contributed by atoms with Crippen molar-refractivity contribution >= 4 is 35.3 Å². The topological polar surface area (TPSA) is 39.3 Å². The predicted molar refractivity (Wildman–Crippen MR) is 121 cm³/mol. The molecule has 2 heterocycles. The lowest BCUT2D eigenvalue weighted by atomic mass is 9.65. The van der Waals surface area contributed by atoms with Crippen LogP contribution in [0.3, 0.4) is 0 Å². The number of aryl methyl sites for hydroxylation is 1. The SMILES string of the molecule is [2H]C([2H])c1cc(N2B(c3ccccc3)N(c3ccccc3)c3ccccc32)[nH]c(=O)c1. The number of benzene rings is 3. The average molecular weight is 379 g/mol. The summed E-state index contributed by atoms with van der Waals surface area (Å²) in [6.45, 7) is -1.49. The summed E-state index contributed by atoms with van der Waals surface area (Å²) in [6.07, 6.45) is 0. The minimum atomic E-state index is -1.24. The third kappa shape index (κ3) is 3.01. The lowest BCUT2D eigenvalue weighted by Crippen LogP contribution is -2.53. The Hall–Kier alpha value is -3.73. The van der Waals surface area contributed by atoms with Crippen molar-refractivity contribution in [3.05, 3.63) is 113 Å². The molecule has 0 fully saturated rings. The van der Waals surface area contributed by atoms with Crippen LogP contribution in [0, 0.1) is 6.88 Å². The van der Waals surface area contributed by atoms with Gasteiger partial charge >= 0.3 is 6.98 Å². The van der Waals surface area contributed by atoms with Crippen LogP contribution in [-0.2, 0) is 0 Å². The maximum atomic E-state index is 12.4. The first kappa shape index (κ1) is 15.2. The fourth-order valence-corrected chi connectivity index (χ4v) is 3.98. The van der Waals surface area contributed by atoms with Gasteiger partial charge in [-0.05, 0) is 48.2 Å². The highest BCUT2D eigenvalue weighted by atomic mass is 16.1. The number of aromatic nitrogens is 1. The van der Waals surface area contributed by atoms with Gasteiger partial charge in [0.05, 0.1) is 11.4 Å². The monoisotopic (exact) mass is 379 g/mol. The number of nitrogens with zero attached hydrogens (tertiary/aromatic N) is 2. The molecule has 0 amide bonds. The highest BCUT2D eigenvalue weighted by Gasteiger charge is 2.43. The summed E-state index contributed by atoms with van der Waals surface area (Å²) < 4.78 is 15.6. The van der Waals surface area contributed by atoms with E-state index in [1.807, 2.05) is 54.6 Å². The lowest BCUT2D eigenvalue weighted by Gasteiger charge is -2.30. The second kappa shape index (κ2) is 7.02. The molecule has 4 aromatic rings. The van der Waals surface area contributed by atoms with E-state index in [0.29, 0.717) is 11.4 Å². The smallest absolute Gasteiger partial charge is 0.360 e. The van der Waals surface area contributed by atoms with E-state index in [0.717, 1.165) is 22.5 Å². The van der Waals surface area contributed by atoms with E-state index in [-0.39, 0.29) is 12.5 Å². The van der Waals surface area contributed by atoms with Crippen LogP contribution in [0.15, 0.2) is 102 Å². The summed E-state index contributed by atoms with van der Waals surface area (Å²) in [4.78, 5) is 19.7. The van der Waals surface area contributed by atoms with Crippen LogP contribution in [0.1, 0.15) is 8.30 Å². The maximum absolute atomic E-state index is 12.4. The number of fused-ring (bicyclic) bond motifs is 1. The van der Waals surface area contributed by atoms with Gasteiger partial charge < -0.3 is 14.6 Å². The van der Waals surface area contributed by atoms with Gasteiger partial charge in [-0.1, -0.05) is 60.7 Å². The normalized spacial score (nSPS) is 14.0. The van der Waals surface area contributed by atoms with E-state index < -0.39 is 6.88 Å². The molecular formula is C24H20BN3O. The summed E-state index contributed by atoms with van der Waals surface area (Å²) in [6, 6.07) is 31.4. The van der Waals surface area contributed by atoms with E-state index in [4.69, 9.17) is 2.74 Å². The lowest BCUT2D eigenvalue weighted by molar-refractivity contribution is 1.17. The first-order valence-electron chi connectivity index (χ1n) is 10.7. The van der Waals surface area contributed by atoms with Gasteiger partial charge in [-0.2, -0.15) is 0 Å². The Balaban J connectivity index is 1.78. The molecule has 0 radical (unpaired) electrons. The van der Waals surface area contributed by atoms with Crippen LogP contribution in [0.5, 0.6) is 0 Å². The Morgan fingerprint density at radius 1 is 0.793 bits per heavy atom. The summed E-state index contributed by atoms with van der Waals surface area (Å²) in [7, 11) is 0. The molecule has 1 aliphatic heterocycles. The molecule has 29 heavy (non-hydrogen) atoms. The minimum Gasteiger partial charge on any atom is -0.360 e. The van der Waals surface area contributed by atoms with Crippen LogP contribution in [0.4, 0.5) is 22.9 Å². The van der Waals surface area contributed by atoms with E-state index >= 15 is 0 Å². The van der Waals surface area contributed by atoms with Gasteiger partial charge in [0, 0.05) is 14.5 Å². The van der Waals surface area contributed by atoms with Gasteiger partial charge in [0.1, 0.15) is 5.82 Å². The van der Waals surface area contributed by atoms with Crippen molar-refractivity contribution in [2.45, 2.75) is 6.88 Å². The predicted octanol–water partition coefficient (Wildman–Crippen LogP) is 4.37. The molecule has 0 atom stereocenters. The first-order valence-corrected chi connectivity index (χ1v) is 9.50. The number of anilines is 4. The molecule has 5 rings (SSSR count). The fraction of sp³-hybridized carbons (Fsp3) is 0.0417. The highest BCUT2D eigenvalue weighted by molar-refractivity contribution is 6.84. The molecule has 0 unspecified atom stereocenters. The van der Waals surface area contributed by atoms with Gasteiger partial charge in [0.15, 0.2) is 0 Å².